The lowest BCUT2D eigenvalue weighted by molar-refractivity contribution is 0.0939. The predicted octanol–water partition coefficient (Wildman–Crippen LogP) is 4.07. The van der Waals surface area contributed by atoms with Gasteiger partial charge in [-0.2, -0.15) is 0 Å². The van der Waals surface area contributed by atoms with Crippen LogP contribution in [0.2, 0.25) is 0 Å². The number of nitrogens with zero attached hydrogens (tertiary/aromatic N) is 1. The van der Waals surface area contributed by atoms with E-state index in [1.165, 1.54) is 5.56 Å². The number of aliphatic imine (C=N–C) groups is 1. The monoisotopic (exact) mass is 466 g/mol. The van der Waals surface area contributed by atoms with Gasteiger partial charge in [-0.1, -0.05) is 36.8 Å². The van der Waals surface area contributed by atoms with E-state index in [1.54, 1.807) is 6.07 Å². The van der Waals surface area contributed by atoms with Crippen LogP contribution < -0.4 is 16.4 Å². The van der Waals surface area contributed by atoms with Crippen molar-refractivity contribution in [1.82, 2.24) is 5.32 Å². The Labute approximate surface area is 172 Å². The molecule has 1 unspecified atom stereocenters. The second-order valence-electron chi connectivity index (χ2n) is 6.18. The summed E-state index contributed by atoms with van der Waals surface area (Å²) in [4.78, 5) is 16.5. The molecular formula is C20H27IN4O. The van der Waals surface area contributed by atoms with Gasteiger partial charge < -0.3 is 16.4 Å². The van der Waals surface area contributed by atoms with Gasteiger partial charge in [-0.15, -0.1) is 24.0 Å². The molecule has 2 rings (SSSR count). The number of hydrogen-bond acceptors (Lipinski definition) is 2. The molecule has 0 heterocycles. The van der Waals surface area contributed by atoms with Crippen molar-refractivity contribution in [2.45, 2.75) is 39.8 Å². The zero-order valence-corrected chi connectivity index (χ0v) is 17.8. The van der Waals surface area contributed by atoms with Gasteiger partial charge in [0.25, 0.3) is 5.91 Å². The van der Waals surface area contributed by atoms with Crippen molar-refractivity contribution in [3.05, 3.63) is 65.2 Å². The third-order valence-corrected chi connectivity index (χ3v) is 3.93. The molecule has 0 aliphatic carbocycles. The number of nitrogens with two attached hydrogens (primary N) is 1. The number of anilines is 1. The smallest absolute Gasteiger partial charge is 0.251 e. The van der Waals surface area contributed by atoms with Crippen molar-refractivity contribution in [1.29, 1.82) is 0 Å². The lowest BCUT2D eigenvalue weighted by Crippen LogP contribution is -2.31. The standard InChI is InChI=1S/C20H26N4O.HI/c1-4-15(3)23-19(25)17-7-5-6-16(12-17)13-22-20(21)24-18-10-8-14(2)9-11-18;/h5-12,15H,4,13H2,1-3H3,(H,23,25)(H3,21,22,24);1H. The van der Waals surface area contributed by atoms with E-state index in [0.717, 1.165) is 17.7 Å². The van der Waals surface area contributed by atoms with Gasteiger partial charge in [0.1, 0.15) is 0 Å². The van der Waals surface area contributed by atoms with Crippen molar-refractivity contribution in [3.63, 3.8) is 0 Å². The van der Waals surface area contributed by atoms with Crippen molar-refractivity contribution in [3.8, 4) is 0 Å². The first-order valence-electron chi connectivity index (χ1n) is 8.51. The molecule has 0 aliphatic rings. The number of benzene rings is 2. The highest BCUT2D eigenvalue weighted by atomic mass is 127. The predicted molar refractivity (Wildman–Crippen MR) is 119 cm³/mol. The molecule has 26 heavy (non-hydrogen) atoms. The molecular weight excluding hydrogens is 439 g/mol. The summed E-state index contributed by atoms with van der Waals surface area (Å²) < 4.78 is 0. The third-order valence-electron chi connectivity index (χ3n) is 3.93. The molecule has 0 fully saturated rings. The molecule has 2 aromatic carbocycles. The average Bonchev–Trinajstić information content (AvgIpc) is 2.62. The van der Waals surface area contributed by atoms with Gasteiger partial charge >= 0.3 is 0 Å². The van der Waals surface area contributed by atoms with Crippen LogP contribution >= 0.6 is 24.0 Å². The second kappa shape index (κ2) is 10.8. The van der Waals surface area contributed by atoms with Crippen LogP contribution in [0.25, 0.3) is 0 Å². The molecule has 0 spiro atoms. The molecule has 0 saturated carbocycles. The molecule has 0 radical (unpaired) electrons. The maximum absolute atomic E-state index is 12.2. The Morgan fingerprint density at radius 1 is 1.19 bits per heavy atom. The average molecular weight is 466 g/mol. The Hall–Kier alpha value is -2.09. The zero-order chi connectivity index (χ0) is 18.2. The summed E-state index contributed by atoms with van der Waals surface area (Å²) in [6.45, 7) is 6.48. The molecule has 5 nitrogen and oxygen atoms in total. The fourth-order valence-electron chi connectivity index (χ4n) is 2.22. The Balaban J connectivity index is 0.00000338. The molecule has 0 saturated heterocycles. The quantitative estimate of drug-likeness (QED) is 0.341. The summed E-state index contributed by atoms with van der Waals surface area (Å²) >= 11 is 0. The van der Waals surface area contributed by atoms with Gasteiger partial charge in [0.2, 0.25) is 0 Å². The van der Waals surface area contributed by atoms with E-state index in [9.17, 15) is 4.79 Å². The fourth-order valence-corrected chi connectivity index (χ4v) is 2.22. The lowest BCUT2D eigenvalue weighted by Gasteiger charge is -2.11. The van der Waals surface area contributed by atoms with E-state index >= 15 is 0 Å². The van der Waals surface area contributed by atoms with Crippen LogP contribution in [0.15, 0.2) is 53.5 Å². The molecule has 1 amide bonds. The number of rotatable bonds is 6. The normalized spacial score (nSPS) is 12.0. The van der Waals surface area contributed by atoms with Gasteiger partial charge in [0.05, 0.1) is 6.54 Å². The van der Waals surface area contributed by atoms with Crippen LogP contribution in [-0.2, 0) is 6.54 Å². The van der Waals surface area contributed by atoms with Crippen LogP contribution in [0.3, 0.4) is 0 Å². The van der Waals surface area contributed by atoms with Gasteiger partial charge in [-0.25, -0.2) is 4.99 Å². The van der Waals surface area contributed by atoms with Gasteiger partial charge in [0, 0.05) is 17.3 Å². The van der Waals surface area contributed by atoms with Gasteiger partial charge in [-0.05, 0) is 50.1 Å². The maximum atomic E-state index is 12.2. The number of hydrogen-bond donors (Lipinski definition) is 3. The minimum atomic E-state index is -0.0640. The van der Waals surface area contributed by atoms with E-state index in [1.807, 2.05) is 63.2 Å². The highest BCUT2D eigenvalue weighted by molar-refractivity contribution is 14.0. The van der Waals surface area contributed by atoms with Gasteiger partial charge in [0.15, 0.2) is 5.96 Å². The van der Waals surface area contributed by atoms with E-state index in [2.05, 4.69) is 15.6 Å². The number of halogens is 1. The molecule has 4 N–H and O–H groups in total. The van der Waals surface area contributed by atoms with Crippen LogP contribution in [0.4, 0.5) is 5.69 Å². The maximum Gasteiger partial charge on any atom is 0.251 e. The highest BCUT2D eigenvalue weighted by Gasteiger charge is 2.08. The summed E-state index contributed by atoms with van der Waals surface area (Å²) in [5.41, 5.74) is 9.59. The van der Waals surface area contributed by atoms with Crippen LogP contribution in [-0.4, -0.2) is 17.9 Å². The van der Waals surface area contributed by atoms with Crippen molar-refractivity contribution >= 4 is 41.5 Å². The first kappa shape index (κ1) is 22.0. The van der Waals surface area contributed by atoms with Crippen molar-refractivity contribution in [2.75, 3.05) is 5.32 Å². The Morgan fingerprint density at radius 2 is 1.88 bits per heavy atom. The summed E-state index contributed by atoms with van der Waals surface area (Å²) in [6.07, 6.45) is 0.900. The van der Waals surface area contributed by atoms with E-state index in [-0.39, 0.29) is 35.9 Å². The summed E-state index contributed by atoms with van der Waals surface area (Å²) in [5.74, 6) is 0.282. The summed E-state index contributed by atoms with van der Waals surface area (Å²) in [6, 6.07) is 15.5. The van der Waals surface area contributed by atoms with E-state index in [0.29, 0.717) is 18.1 Å². The molecule has 0 aliphatic heterocycles. The molecule has 140 valence electrons. The second-order valence-corrected chi connectivity index (χ2v) is 6.18. The van der Waals surface area contributed by atoms with E-state index in [4.69, 9.17) is 5.73 Å². The molecule has 1 atom stereocenters. The highest BCUT2D eigenvalue weighted by Crippen LogP contribution is 2.10. The Kier molecular flexibility index (Phi) is 9.12. The first-order chi connectivity index (χ1) is 12.0. The van der Waals surface area contributed by atoms with E-state index < -0.39 is 0 Å². The number of aryl methyl sites for hydroxylation is 1. The number of guanidine groups is 1. The zero-order valence-electron chi connectivity index (χ0n) is 15.5. The summed E-state index contributed by atoms with van der Waals surface area (Å²) in [7, 11) is 0. The minimum absolute atomic E-state index is 0. The third kappa shape index (κ3) is 7.03. The Morgan fingerprint density at radius 3 is 2.54 bits per heavy atom. The lowest BCUT2D eigenvalue weighted by atomic mass is 10.1. The number of carbonyl (C=O) groups is 1. The van der Waals surface area contributed by atoms with Gasteiger partial charge in [-0.3, -0.25) is 4.79 Å². The van der Waals surface area contributed by atoms with Crippen molar-refractivity contribution in [2.24, 2.45) is 10.7 Å². The topological polar surface area (TPSA) is 79.5 Å². The largest absolute Gasteiger partial charge is 0.370 e. The first-order valence-corrected chi connectivity index (χ1v) is 8.51. The van der Waals surface area contributed by atoms with Crippen molar-refractivity contribution < 1.29 is 4.79 Å². The van der Waals surface area contributed by atoms with Crippen LogP contribution in [0.5, 0.6) is 0 Å². The molecule has 0 aromatic heterocycles. The molecule has 6 heteroatoms. The SMILES string of the molecule is CCC(C)NC(=O)c1cccc(CN=C(N)Nc2ccc(C)cc2)c1.I. The molecule has 0 bridgehead atoms. The Bertz CT molecular complexity index is 744. The number of carbonyl (C=O) groups excluding carboxylic acids is 1. The molecule has 2 aromatic rings. The minimum Gasteiger partial charge on any atom is -0.370 e. The van der Waals surface area contributed by atoms with Crippen LogP contribution in [0.1, 0.15) is 41.8 Å². The number of amides is 1. The number of nitrogens with one attached hydrogen (secondary N) is 2. The van der Waals surface area contributed by atoms with Crippen LogP contribution in [0, 0.1) is 6.92 Å². The fraction of sp³-hybridized carbons (Fsp3) is 0.300. The summed E-state index contributed by atoms with van der Waals surface area (Å²) in [5, 5.41) is 6.02.